The summed E-state index contributed by atoms with van der Waals surface area (Å²) in [5, 5.41) is 17.0. The van der Waals surface area contributed by atoms with Crippen molar-refractivity contribution in [3.63, 3.8) is 0 Å². The highest BCUT2D eigenvalue weighted by atomic mass is 16.2. The lowest BCUT2D eigenvalue weighted by atomic mass is 9.99. The summed E-state index contributed by atoms with van der Waals surface area (Å²) in [6.45, 7) is 1.20. The van der Waals surface area contributed by atoms with Crippen molar-refractivity contribution < 1.29 is 5.11 Å². The largest absolute Gasteiger partial charge is 0.396 e. The van der Waals surface area contributed by atoms with Gasteiger partial charge in [0.15, 0.2) is 0 Å². The number of benzene rings is 8. The van der Waals surface area contributed by atoms with E-state index >= 15 is 0 Å². The van der Waals surface area contributed by atoms with Crippen molar-refractivity contribution in [2.24, 2.45) is 0 Å². The second-order valence-electron chi connectivity index (χ2n) is 15.6. The van der Waals surface area contributed by atoms with E-state index < -0.39 is 0 Å². The number of aryl methyl sites for hydroxylation is 1. The molecule has 0 amide bonds. The van der Waals surface area contributed by atoms with Gasteiger partial charge in [-0.05, 0) is 108 Å². The summed E-state index contributed by atoms with van der Waals surface area (Å²) < 4.78 is 7.31. The molecule has 0 saturated carbocycles. The molecule has 0 fully saturated rings. The molecule has 0 radical (unpaired) electrons. The molecule has 0 aliphatic heterocycles. The Morgan fingerprint density at radius 2 is 0.707 bits per heavy atom. The molecule has 11 rings (SSSR count). The van der Waals surface area contributed by atoms with Gasteiger partial charge in [-0.25, -0.2) is 0 Å². The van der Waals surface area contributed by atoms with Gasteiger partial charge in [-0.2, -0.15) is 0 Å². The first-order valence-electron chi connectivity index (χ1n) is 20.6. The molecule has 0 unspecified atom stereocenters. The number of para-hydroxylation sites is 4. The van der Waals surface area contributed by atoms with E-state index in [1.807, 2.05) is 0 Å². The molecule has 11 aromatic rings. The standard InChI is InChI=1S/C54H43N3O/c58-32-12-2-1-11-31-55-49-29-27-39(37-15-13-17-41(33-37)56-51-23-7-3-19-43(51)44-20-4-8-24-52(44)56)35-47(49)48-36-40(28-30-50(48)55)38-16-14-18-42(34-38)57-53-25-9-5-21-45(53)46-22-6-10-26-54(46)57/h3-10,13-30,33-36,58H,1-2,11-12,31-32H2. The first-order chi connectivity index (χ1) is 28.7. The van der Waals surface area contributed by atoms with E-state index in [2.05, 4.69) is 196 Å². The molecule has 0 aliphatic rings. The first kappa shape index (κ1) is 34.4. The summed E-state index contributed by atoms with van der Waals surface area (Å²) in [6.07, 6.45) is 4.08. The van der Waals surface area contributed by atoms with E-state index in [9.17, 15) is 5.11 Å². The summed E-state index contributed by atoms with van der Waals surface area (Å²) in [4.78, 5) is 0. The van der Waals surface area contributed by atoms with Crippen LogP contribution in [-0.2, 0) is 6.54 Å². The minimum atomic E-state index is 0.261. The fraction of sp³-hybridized carbons (Fsp3) is 0.111. The lowest BCUT2D eigenvalue weighted by Crippen LogP contribution is -1.98. The number of rotatable bonds is 10. The van der Waals surface area contributed by atoms with Gasteiger partial charge in [0.1, 0.15) is 0 Å². The first-order valence-corrected chi connectivity index (χ1v) is 20.6. The van der Waals surface area contributed by atoms with Gasteiger partial charge in [0.2, 0.25) is 0 Å². The van der Waals surface area contributed by atoms with Crippen LogP contribution in [0.15, 0.2) is 182 Å². The lowest BCUT2D eigenvalue weighted by molar-refractivity contribution is 0.282. The van der Waals surface area contributed by atoms with Gasteiger partial charge in [0, 0.05) is 67.9 Å². The second kappa shape index (κ2) is 14.3. The van der Waals surface area contributed by atoms with Crippen LogP contribution in [0.1, 0.15) is 25.7 Å². The van der Waals surface area contributed by atoms with Crippen LogP contribution < -0.4 is 0 Å². The zero-order chi connectivity index (χ0) is 38.6. The number of hydrogen-bond donors (Lipinski definition) is 1. The Morgan fingerprint density at radius 3 is 1.14 bits per heavy atom. The number of aliphatic hydroxyl groups is 1. The molecule has 3 aromatic heterocycles. The highest BCUT2D eigenvalue weighted by Crippen LogP contribution is 2.39. The normalized spacial score (nSPS) is 11.9. The number of unbranched alkanes of at least 4 members (excludes halogenated alkanes) is 3. The van der Waals surface area contributed by atoms with Gasteiger partial charge in [-0.1, -0.05) is 122 Å². The Morgan fingerprint density at radius 1 is 0.310 bits per heavy atom. The van der Waals surface area contributed by atoms with E-state index in [-0.39, 0.29) is 6.61 Å². The van der Waals surface area contributed by atoms with Gasteiger partial charge in [-0.3, -0.25) is 0 Å². The molecular formula is C54H43N3O. The molecule has 0 spiro atoms. The van der Waals surface area contributed by atoms with Gasteiger partial charge in [-0.15, -0.1) is 0 Å². The van der Waals surface area contributed by atoms with Crippen LogP contribution in [0.3, 0.4) is 0 Å². The Kier molecular flexibility index (Phi) is 8.45. The number of hydrogen-bond acceptors (Lipinski definition) is 1. The number of nitrogens with zero attached hydrogens (tertiary/aromatic N) is 3. The molecule has 4 nitrogen and oxygen atoms in total. The Bertz CT molecular complexity index is 3000. The van der Waals surface area contributed by atoms with E-state index in [0.717, 1.165) is 43.6 Å². The quantitative estimate of drug-likeness (QED) is 0.139. The van der Waals surface area contributed by atoms with Crippen molar-refractivity contribution in [2.75, 3.05) is 6.61 Å². The third-order valence-corrected chi connectivity index (χ3v) is 12.2. The summed E-state index contributed by atoms with van der Waals surface area (Å²) >= 11 is 0. The SMILES string of the molecule is OCCCCCCn1c2ccc(-c3cccc(-n4c5ccccc5c5ccccc54)c3)cc2c2cc(-c3cccc(-n4c5ccccc5c5ccccc54)c3)ccc21. The highest BCUT2D eigenvalue weighted by Gasteiger charge is 2.17. The minimum absolute atomic E-state index is 0.261. The van der Waals surface area contributed by atoms with Gasteiger partial charge in [0.25, 0.3) is 0 Å². The fourth-order valence-electron chi connectivity index (χ4n) is 9.49. The van der Waals surface area contributed by atoms with E-state index in [1.165, 1.54) is 87.7 Å². The molecule has 0 aliphatic carbocycles. The Labute approximate surface area is 337 Å². The topological polar surface area (TPSA) is 35.0 Å². The fourth-order valence-corrected chi connectivity index (χ4v) is 9.49. The summed E-state index contributed by atoms with van der Waals surface area (Å²) in [7, 11) is 0. The van der Waals surface area contributed by atoms with E-state index in [1.54, 1.807) is 0 Å². The third-order valence-electron chi connectivity index (χ3n) is 12.2. The van der Waals surface area contributed by atoms with Gasteiger partial charge < -0.3 is 18.8 Å². The average Bonchev–Trinajstić information content (AvgIpc) is 3.92. The predicted octanol–water partition coefficient (Wildman–Crippen LogP) is 13.9. The molecule has 3 heterocycles. The smallest absolute Gasteiger partial charge is 0.0541 e. The Balaban J connectivity index is 1.04. The van der Waals surface area contributed by atoms with Crippen LogP contribution in [0, 0.1) is 0 Å². The zero-order valence-electron chi connectivity index (χ0n) is 32.4. The van der Waals surface area contributed by atoms with Crippen LogP contribution in [0.25, 0.3) is 99.0 Å². The van der Waals surface area contributed by atoms with Crippen molar-refractivity contribution in [2.45, 2.75) is 32.2 Å². The van der Waals surface area contributed by atoms with Crippen molar-refractivity contribution in [3.8, 4) is 33.6 Å². The molecule has 0 bridgehead atoms. The van der Waals surface area contributed by atoms with Gasteiger partial charge in [0.05, 0.1) is 22.1 Å². The molecule has 0 saturated heterocycles. The Hall–Kier alpha value is -6.88. The van der Waals surface area contributed by atoms with E-state index in [0.29, 0.717) is 0 Å². The number of aliphatic hydroxyl groups excluding tert-OH is 1. The van der Waals surface area contributed by atoms with Crippen molar-refractivity contribution >= 4 is 65.4 Å². The maximum absolute atomic E-state index is 9.39. The number of aromatic nitrogens is 3. The predicted molar refractivity (Wildman–Crippen MR) is 245 cm³/mol. The lowest BCUT2D eigenvalue weighted by Gasteiger charge is -2.11. The molecule has 0 atom stereocenters. The van der Waals surface area contributed by atoms with Crippen molar-refractivity contribution in [1.82, 2.24) is 13.7 Å². The molecule has 8 aromatic carbocycles. The molecule has 58 heavy (non-hydrogen) atoms. The van der Waals surface area contributed by atoms with Crippen LogP contribution in [0.4, 0.5) is 0 Å². The summed E-state index contributed by atoms with van der Waals surface area (Å²) in [6, 6.07) is 66.9. The zero-order valence-corrected chi connectivity index (χ0v) is 32.4. The molecule has 4 heteroatoms. The monoisotopic (exact) mass is 749 g/mol. The van der Waals surface area contributed by atoms with Crippen LogP contribution >= 0.6 is 0 Å². The molecule has 1 N–H and O–H groups in total. The summed E-state index contributed by atoms with van der Waals surface area (Å²) in [5.41, 5.74) is 14.5. The van der Waals surface area contributed by atoms with E-state index in [4.69, 9.17) is 0 Å². The maximum Gasteiger partial charge on any atom is 0.0541 e. The minimum Gasteiger partial charge on any atom is -0.396 e. The molecule has 280 valence electrons. The second-order valence-corrected chi connectivity index (χ2v) is 15.6. The van der Waals surface area contributed by atoms with Crippen LogP contribution in [-0.4, -0.2) is 25.4 Å². The van der Waals surface area contributed by atoms with Gasteiger partial charge >= 0.3 is 0 Å². The third kappa shape index (κ3) is 5.63. The maximum atomic E-state index is 9.39. The molecular weight excluding hydrogens is 707 g/mol. The average molecular weight is 750 g/mol. The van der Waals surface area contributed by atoms with Crippen molar-refractivity contribution in [1.29, 1.82) is 0 Å². The van der Waals surface area contributed by atoms with Crippen LogP contribution in [0.2, 0.25) is 0 Å². The van der Waals surface area contributed by atoms with Crippen LogP contribution in [0.5, 0.6) is 0 Å². The highest BCUT2D eigenvalue weighted by molar-refractivity contribution is 6.12. The summed E-state index contributed by atoms with van der Waals surface area (Å²) in [5.74, 6) is 0. The number of fused-ring (bicyclic) bond motifs is 9. The van der Waals surface area contributed by atoms with Crippen molar-refractivity contribution in [3.05, 3.63) is 182 Å².